The predicted octanol–water partition coefficient (Wildman–Crippen LogP) is 4.29. The number of halogens is 2. The maximum atomic E-state index is 12.1. The summed E-state index contributed by atoms with van der Waals surface area (Å²) in [7, 11) is 0. The van der Waals surface area contributed by atoms with Gasteiger partial charge in [-0.3, -0.25) is 10.1 Å². The van der Waals surface area contributed by atoms with E-state index in [1.165, 1.54) is 35.6 Å². The number of benzene rings is 1. The first-order valence-corrected chi connectivity index (χ1v) is 7.46. The number of carbonyl (C=O) groups excluding carboxylic acids is 1. The number of thiazole rings is 1. The Morgan fingerprint density at radius 2 is 1.91 bits per heavy atom. The van der Waals surface area contributed by atoms with Gasteiger partial charge in [-0.25, -0.2) is 4.98 Å². The largest absolute Gasteiger partial charge is 0.435 e. The van der Waals surface area contributed by atoms with Crippen molar-refractivity contribution < 1.29 is 18.3 Å². The molecule has 22 heavy (non-hydrogen) atoms. The molecule has 1 aromatic carbocycles. The zero-order chi connectivity index (χ0) is 16.3. The van der Waals surface area contributed by atoms with E-state index in [9.17, 15) is 13.6 Å². The molecule has 2 aromatic rings. The summed E-state index contributed by atoms with van der Waals surface area (Å²) in [6.07, 6.45) is 0. The van der Waals surface area contributed by atoms with Gasteiger partial charge in [-0.1, -0.05) is 20.8 Å². The molecule has 1 aromatic heterocycles. The van der Waals surface area contributed by atoms with Crippen LogP contribution in [0.3, 0.4) is 0 Å². The number of anilines is 1. The summed E-state index contributed by atoms with van der Waals surface area (Å²) in [6, 6.07) is 5.49. The quantitative estimate of drug-likeness (QED) is 0.911. The minimum Gasteiger partial charge on any atom is -0.435 e. The number of hydrogen-bond acceptors (Lipinski definition) is 4. The van der Waals surface area contributed by atoms with Crippen LogP contribution in [0.4, 0.5) is 13.9 Å². The Labute approximate surface area is 131 Å². The van der Waals surface area contributed by atoms with Gasteiger partial charge in [0.15, 0.2) is 5.13 Å². The molecule has 2 rings (SSSR count). The van der Waals surface area contributed by atoms with Crippen LogP contribution in [0.1, 0.15) is 36.8 Å². The highest BCUT2D eigenvalue weighted by Gasteiger charge is 2.18. The number of rotatable bonds is 4. The first kappa shape index (κ1) is 16.4. The fraction of sp³-hybridized carbons (Fsp3) is 0.333. The van der Waals surface area contributed by atoms with Gasteiger partial charge in [-0.15, -0.1) is 11.3 Å². The van der Waals surface area contributed by atoms with Gasteiger partial charge in [-0.05, 0) is 24.3 Å². The van der Waals surface area contributed by atoms with E-state index < -0.39 is 6.61 Å². The van der Waals surface area contributed by atoms with E-state index in [-0.39, 0.29) is 17.1 Å². The number of ether oxygens (including phenoxy) is 1. The third-order valence-corrected chi connectivity index (χ3v) is 3.59. The van der Waals surface area contributed by atoms with Crippen molar-refractivity contribution in [1.29, 1.82) is 0 Å². The van der Waals surface area contributed by atoms with Crippen LogP contribution in [0, 0.1) is 0 Å². The highest BCUT2D eigenvalue weighted by Crippen LogP contribution is 2.26. The topological polar surface area (TPSA) is 51.2 Å². The van der Waals surface area contributed by atoms with Gasteiger partial charge in [0.1, 0.15) is 5.75 Å². The monoisotopic (exact) mass is 326 g/mol. The van der Waals surface area contributed by atoms with Crippen molar-refractivity contribution >= 4 is 22.4 Å². The second-order valence-electron chi connectivity index (χ2n) is 5.64. The third kappa shape index (κ3) is 4.24. The van der Waals surface area contributed by atoms with E-state index in [1.54, 1.807) is 0 Å². The maximum absolute atomic E-state index is 12.1. The van der Waals surface area contributed by atoms with Crippen molar-refractivity contribution in [1.82, 2.24) is 4.98 Å². The number of nitrogens with zero attached hydrogens (tertiary/aromatic N) is 1. The SMILES string of the molecule is CC(C)(C)c1csc(NC(=O)c2ccc(OC(F)F)cc2)n1. The Balaban J connectivity index is 2.04. The molecule has 0 saturated carbocycles. The molecule has 0 aliphatic carbocycles. The lowest BCUT2D eigenvalue weighted by Gasteiger charge is -2.14. The van der Waals surface area contributed by atoms with Crippen LogP contribution in [0.15, 0.2) is 29.6 Å². The van der Waals surface area contributed by atoms with Crippen LogP contribution in [-0.2, 0) is 5.41 Å². The third-order valence-electron chi connectivity index (χ3n) is 2.83. The lowest BCUT2D eigenvalue weighted by atomic mass is 9.93. The second-order valence-corrected chi connectivity index (χ2v) is 6.50. The Bertz CT molecular complexity index is 648. The van der Waals surface area contributed by atoms with Gasteiger partial charge in [0.05, 0.1) is 5.69 Å². The summed E-state index contributed by atoms with van der Waals surface area (Å²) in [5.74, 6) is -0.339. The second kappa shape index (κ2) is 6.39. The van der Waals surface area contributed by atoms with Crippen LogP contribution >= 0.6 is 11.3 Å². The highest BCUT2D eigenvalue weighted by molar-refractivity contribution is 7.14. The lowest BCUT2D eigenvalue weighted by molar-refractivity contribution is -0.0498. The maximum Gasteiger partial charge on any atom is 0.387 e. The molecule has 0 bridgehead atoms. The molecule has 7 heteroatoms. The molecule has 0 aliphatic heterocycles. The van der Waals surface area contributed by atoms with Gasteiger partial charge in [0.25, 0.3) is 5.91 Å². The van der Waals surface area contributed by atoms with E-state index in [2.05, 4.69) is 15.0 Å². The Hall–Kier alpha value is -2.02. The summed E-state index contributed by atoms with van der Waals surface area (Å²) in [5, 5.41) is 5.09. The molecule has 0 unspecified atom stereocenters. The zero-order valence-corrected chi connectivity index (χ0v) is 13.2. The minimum atomic E-state index is -2.88. The smallest absolute Gasteiger partial charge is 0.387 e. The molecule has 0 atom stereocenters. The van der Waals surface area contributed by atoms with Crippen molar-refractivity contribution in [2.24, 2.45) is 0 Å². The van der Waals surface area contributed by atoms with E-state index in [0.29, 0.717) is 10.7 Å². The number of hydrogen-bond donors (Lipinski definition) is 1. The van der Waals surface area contributed by atoms with Gasteiger partial charge in [-0.2, -0.15) is 8.78 Å². The van der Waals surface area contributed by atoms with Gasteiger partial charge < -0.3 is 4.74 Å². The van der Waals surface area contributed by atoms with Crippen molar-refractivity contribution in [3.63, 3.8) is 0 Å². The average molecular weight is 326 g/mol. The van der Waals surface area contributed by atoms with Gasteiger partial charge in [0.2, 0.25) is 0 Å². The fourth-order valence-corrected chi connectivity index (χ4v) is 2.56. The number of amides is 1. The number of carbonyl (C=O) groups is 1. The van der Waals surface area contributed by atoms with Crippen LogP contribution in [-0.4, -0.2) is 17.5 Å². The average Bonchev–Trinajstić information content (AvgIpc) is 2.87. The van der Waals surface area contributed by atoms with Crippen molar-refractivity contribution in [2.75, 3.05) is 5.32 Å². The number of alkyl halides is 2. The Kier molecular flexibility index (Phi) is 4.75. The molecule has 1 N–H and O–H groups in total. The molecule has 0 spiro atoms. The van der Waals surface area contributed by atoms with E-state index in [1.807, 2.05) is 26.2 Å². The minimum absolute atomic E-state index is 0.0100. The zero-order valence-electron chi connectivity index (χ0n) is 12.4. The molecule has 0 saturated heterocycles. The molecule has 0 fully saturated rings. The highest BCUT2D eigenvalue weighted by atomic mass is 32.1. The lowest BCUT2D eigenvalue weighted by Crippen LogP contribution is -2.14. The molecule has 0 aliphatic rings. The van der Waals surface area contributed by atoms with Gasteiger partial charge >= 0.3 is 6.61 Å². The summed E-state index contributed by atoms with van der Waals surface area (Å²) < 4.78 is 28.3. The first-order valence-electron chi connectivity index (χ1n) is 6.58. The van der Waals surface area contributed by atoms with Crippen LogP contribution in [0.5, 0.6) is 5.75 Å². The van der Waals surface area contributed by atoms with E-state index in [0.717, 1.165) is 5.69 Å². The molecule has 118 valence electrons. The van der Waals surface area contributed by atoms with Crippen molar-refractivity contribution in [3.05, 3.63) is 40.9 Å². The molecule has 1 heterocycles. The summed E-state index contributed by atoms with van der Waals surface area (Å²) >= 11 is 1.34. The molecule has 0 radical (unpaired) electrons. The summed E-state index contributed by atoms with van der Waals surface area (Å²) in [4.78, 5) is 16.4. The van der Waals surface area contributed by atoms with Gasteiger partial charge in [0, 0.05) is 16.4 Å². The number of aromatic nitrogens is 1. The molecule has 1 amide bonds. The van der Waals surface area contributed by atoms with Crippen molar-refractivity contribution in [2.45, 2.75) is 32.8 Å². The Morgan fingerprint density at radius 1 is 1.27 bits per heavy atom. The summed E-state index contributed by atoms with van der Waals surface area (Å²) in [6.45, 7) is 3.23. The van der Waals surface area contributed by atoms with Crippen molar-refractivity contribution in [3.8, 4) is 5.75 Å². The van der Waals surface area contributed by atoms with E-state index in [4.69, 9.17) is 0 Å². The van der Waals surface area contributed by atoms with Crippen LogP contribution in [0.2, 0.25) is 0 Å². The van der Waals surface area contributed by atoms with E-state index >= 15 is 0 Å². The standard InChI is InChI=1S/C15H16F2N2O2S/c1-15(2,3)11-8-22-14(18-11)19-12(20)9-4-6-10(7-5-9)21-13(16)17/h4-8,13H,1-3H3,(H,18,19,20). The van der Waals surface area contributed by atoms with Crippen LogP contribution < -0.4 is 10.1 Å². The first-order chi connectivity index (χ1) is 10.3. The molecular formula is C15H16F2N2O2S. The molecule has 4 nitrogen and oxygen atoms in total. The number of nitrogens with one attached hydrogen (secondary N) is 1. The Morgan fingerprint density at radius 3 is 2.41 bits per heavy atom. The normalized spacial score (nSPS) is 11.5. The fourth-order valence-electron chi connectivity index (χ4n) is 1.63. The van der Waals surface area contributed by atoms with Crippen LogP contribution in [0.25, 0.3) is 0 Å². The molecular weight excluding hydrogens is 310 g/mol. The summed E-state index contributed by atoms with van der Waals surface area (Å²) in [5.41, 5.74) is 1.15. The predicted molar refractivity (Wildman–Crippen MR) is 81.8 cm³/mol.